The van der Waals surface area contributed by atoms with Crippen LogP contribution in [0.15, 0.2) is 83.3 Å². The first kappa shape index (κ1) is 24.8. The van der Waals surface area contributed by atoms with Gasteiger partial charge in [-0.2, -0.15) is 0 Å². The number of halogens is 1. The molecule has 0 aromatic heterocycles. The van der Waals surface area contributed by atoms with E-state index in [4.69, 9.17) is 0 Å². The van der Waals surface area contributed by atoms with Gasteiger partial charge in [0.25, 0.3) is 0 Å². The van der Waals surface area contributed by atoms with Gasteiger partial charge in [-0.3, -0.25) is 9.00 Å². The number of rotatable bonds is 8. The fourth-order valence-corrected chi connectivity index (χ4v) is 4.92. The van der Waals surface area contributed by atoms with Gasteiger partial charge in [0.05, 0.1) is 19.1 Å². The molecule has 3 aromatic carbocycles. The van der Waals surface area contributed by atoms with Crippen molar-refractivity contribution in [3.05, 3.63) is 106 Å². The highest BCUT2D eigenvalue weighted by molar-refractivity contribution is 7.84. The quantitative estimate of drug-likeness (QED) is 0.468. The molecule has 0 unspecified atom stereocenters. The van der Waals surface area contributed by atoms with E-state index in [0.717, 1.165) is 38.3 Å². The van der Waals surface area contributed by atoms with Crippen molar-refractivity contribution in [2.45, 2.75) is 30.7 Å². The van der Waals surface area contributed by atoms with E-state index in [2.05, 4.69) is 5.32 Å². The molecule has 1 aliphatic carbocycles. The van der Waals surface area contributed by atoms with Gasteiger partial charge in [-0.1, -0.05) is 48.5 Å². The second kappa shape index (κ2) is 10.9. The minimum absolute atomic E-state index is 0.0820. The van der Waals surface area contributed by atoms with Gasteiger partial charge in [0.1, 0.15) is 5.82 Å². The summed E-state index contributed by atoms with van der Waals surface area (Å²) in [4.78, 5) is 13.7. The van der Waals surface area contributed by atoms with Crippen molar-refractivity contribution < 1.29 is 18.5 Å². The third kappa shape index (κ3) is 5.84. The average Bonchev–Trinajstić information content (AvgIpc) is 3.09. The van der Waals surface area contributed by atoms with Gasteiger partial charge in [0, 0.05) is 22.0 Å². The first-order valence-electron chi connectivity index (χ1n) is 11.5. The lowest BCUT2D eigenvalue weighted by molar-refractivity contribution is -0.121. The molecule has 0 radical (unpaired) electrons. The van der Waals surface area contributed by atoms with Gasteiger partial charge in [0.15, 0.2) is 0 Å². The molecule has 2 N–H and O–H groups in total. The molecule has 2 atom stereocenters. The largest absolute Gasteiger partial charge is 0.394 e. The van der Waals surface area contributed by atoms with Gasteiger partial charge in [-0.05, 0) is 82.7 Å². The highest BCUT2D eigenvalue weighted by atomic mass is 32.2. The molecule has 0 bridgehead atoms. The van der Waals surface area contributed by atoms with Crippen LogP contribution in [0.2, 0.25) is 0 Å². The standard InChI is InChI=1S/C29H28FNO3S/c1-19-26(15-21-8-11-24(12-9-21)35(2)34)25-13-10-22(30)16-28(25)27(19)17-29(33)31-23(18-32)14-20-6-4-3-5-7-20/h3-13,15-16,23,32H,14,17-18H2,1-2H3,(H,31,33)/b26-15+/t23-,35-/m0/s1. The Balaban J connectivity index is 1.59. The summed E-state index contributed by atoms with van der Waals surface area (Å²) in [6.07, 6.45) is 4.25. The van der Waals surface area contributed by atoms with Gasteiger partial charge < -0.3 is 10.4 Å². The Bertz CT molecular complexity index is 1310. The van der Waals surface area contributed by atoms with E-state index in [9.17, 15) is 18.5 Å². The maximum atomic E-state index is 14.2. The zero-order chi connectivity index (χ0) is 24.9. The number of nitrogens with one attached hydrogen (secondary N) is 1. The van der Waals surface area contributed by atoms with Gasteiger partial charge in [-0.25, -0.2) is 4.39 Å². The topological polar surface area (TPSA) is 66.4 Å². The molecule has 35 heavy (non-hydrogen) atoms. The lowest BCUT2D eigenvalue weighted by Gasteiger charge is -2.17. The second-order valence-corrected chi connectivity index (χ2v) is 10.1. The Labute approximate surface area is 207 Å². The molecule has 1 aliphatic rings. The average molecular weight is 490 g/mol. The van der Waals surface area contributed by atoms with Crippen molar-refractivity contribution in [3.63, 3.8) is 0 Å². The lowest BCUT2D eigenvalue weighted by atomic mass is 10.0. The number of benzene rings is 3. The number of aliphatic hydroxyl groups is 1. The van der Waals surface area contributed by atoms with Crippen molar-refractivity contribution in [1.29, 1.82) is 0 Å². The van der Waals surface area contributed by atoms with Crippen LogP contribution in [0.4, 0.5) is 4.39 Å². The van der Waals surface area contributed by atoms with Crippen LogP contribution < -0.4 is 5.32 Å². The molecule has 1 amide bonds. The molecule has 0 saturated heterocycles. The molecule has 4 nitrogen and oxygen atoms in total. The van der Waals surface area contributed by atoms with Crippen LogP contribution in [0.5, 0.6) is 0 Å². The van der Waals surface area contributed by atoms with Crippen molar-refractivity contribution >= 4 is 33.9 Å². The molecule has 6 heteroatoms. The number of amides is 1. The molecule has 0 aliphatic heterocycles. The number of carbonyl (C=O) groups is 1. The molecule has 0 fully saturated rings. The first-order chi connectivity index (χ1) is 16.9. The Morgan fingerprint density at radius 1 is 1.06 bits per heavy atom. The fraction of sp³-hybridized carbons (Fsp3) is 0.207. The van der Waals surface area contributed by atoms with E-state index in [1.165, 1.54) is 12.1 Å². The van der Waals surface area contributed by atoms with E-state index in [-0.39, 0.29) is 24.8 Å². The maximum absolute atomic E-state index is 14.2. The molecule has 180 valence electrons. The molecule has 4 rings (SSSR count). The van der Waals surface area contributed by atoms with E-state index >= 15 is 0 Å². The van der Waals surface area contributed by atoms with Crippen molar-refractivity contribution in [1.82, 2.24) is 5.32 Å². The number of allylic oxidation sites excluding steroid dienone is 2. The van der Waals surface area contributed by atoms with Crippen molar-refractivity contribution in [2.24, 2.45) is 0 Å². The molecule has 3 aromatic rings. The molecule has 0 saturated carbocycles. The Hall–Kier alpha value is -3.35. The van der Waals surface area contributed by atoms with Crippen LogP contribution >= 0.6 is 0 Å². The van der Waals surface area contributed by atoms with Crippen molar-refractivity contribution in [3.8, 4) is 0 Å². The van der Waals surface area contributed by atoms with Gasteiger partial charge >= 0.3 is 0 Å². The lowest BCUT2D eigenvalue weighted by Crippen LogP contribution is -2.39. The summed E-state index contributed by atoms with van der Waals surface area (Å²) < 4.78 is 25.9. The fourth-order valence-electron chi connectivity index (χ4n) is 4.40. The minimum Gasteiger partial charge on any atom is -0.394 e. The molecular weight excluding hydrogens is 461 g/mol. The summed E-state index contributed by atoms with van der Waals surface area (Å²) in [5.41, 5.74) is 6.14. The Morgan fingerprint density at radius 3 is 2.43 bits per heavy atom. The number of hydrogen-bond acceptors (Lipinski definition) is 3. The van der Waals surface area contributed by atoms with E-state index in [1.807, 2.05) is 67.6 Å². The minimum atomic E-state index is -1.05. The predicted octanol–water partition coefficient (Wildman–Crippen LogP) is 5.00. The molecule has 0 heterocycles. The van der Waals surface area contributed by atoms with E-state index in [1.54, 1.807) is 12.3 Å². The highest BCUT2D eigenvalue weighted by Crippen LogP contribution is 2.43. The van der Waals surface area contributed by atoms with Crippen molar-refractivity contribution in [2.75, 3.05) is 12.9 Å². The third-order valence-corrected chi connectivity index (χ3v) is 7.16. The van der Waals surface area contributed by atoms with Crippen LogP contribution in [0.3, 0.4) is 0 Å². The number of fused-ring (bicyclic) bond motifs is 1. The Morgan fingerprint density at radius 2 is 1.77 bits per heavy atom. The summed E-state index contributed by atoms with van der Waals surface area (Å²) in [6, 6.07) is 21.4. The first-order valence-corrected chi connectivity index (χ1v) is 13.0. The number of hydrogen-bond donors (Lipinski definition) is 2. The molecule has 0 spiro atoms. The normalized spacial score (nSPS) is 15.7. The number of carbonyl (C=O) groups excluding carboxylic acids is 1. The van der Waals surface area contributed by atoms with Crippen LogP contribution in [-0.2, 0) is 22.0 Å². The summed E-state index contributed by atoms with van der Waals surface area (Å²) in [7, 11) is -1.05. The number of aliphatic hydroxyl groups excluding tert-OH is 1. The SMILES string of the molecule is CC1=C(CC(=O)N[C@H](CO)Cc2ccccc2)c2cc(F)ccc2/C1=C/c1ccc([S@](C)=O)cc1. The second-order valence-electron chi connectivity index (χ2n) is 8.69. The van der Waals surface area contributed by atoms with E-state index < -0.39 is 16.8 Å². The van der Waals surface area contributed by atoms with Crippen LogP contribution in [-0.4, -0.2) is 34.1 Å². The summed E-state index contributed by atoms with van der Waals surface area (Å²) in [6.45, 7) is 1.77. The third-order valence-electron chi connectivity index (χ3n) is 6.22. The smallest absolute Gasteiger partial charge is 0.224 e. The highest BCUT2D eigenvalue weighted by Gasteiger charge is 2.26. The van der Waals surface area contributed by atoms with E-state index in [0.29, 0.717) is 12.0 Å². The monoisotopic (exact) mass is 489 g/mol. The zero-order valence-electron chi connectivity index (χ0n) is 19.8. The van der Waals surface area contributed by atoms with Gasteiger partial charge in [-0.15, -0.1) is 0 Å². The summed E-state index contributed by atoms with van der Waals surface area (Å²) in [5, 5.41) is 12.7. The predicted molar refractivity (Wildman–Crippen MR) is 139 cm³/mol. The maximum Gasteiger partial charge on any atom is 0.224 e. The summed E-state index contributed by atoms with van der Waals surface area (Å²) in [5.74, 6) is -0.580. The Kier molecular flexibility index (Phi) is 7.73. The van der Waals surface area contributed by atoms with Crippen LogP contribution in [0.1, 0.15) is 35.6 Å². The molecular formula is C29H28FNO3S. The van der Waals surface area contributed by atoms with Crippen LogP contribution in [0, 0.1) is 5.82 Å². The van der Waals surface area contributed by atoms with Crippen LogP contribution in [0.25, 0.3) is 17.2 Å². The van der Waals surface area contributed by atoms with Gasteiger partial charge in [0.2, 0.25) is 5.91 Å². The summed E-state index contributed by atoms with van der Waals surface area (Å²) >= 11 is 0. The zero-order valence-corrected chi connectivity index (χ0v) is 20.6.